The van der Waals surface area contributed by atoms with Gasteiger partial charge in [0.25, 0.3) is 5.91 Å². The molecular formula is C37H54N2O7S. The van der Waals surface area contributed by atoms with Gasteiger partial charge in [-0.3, -0.25) is 24.0 Å². The molecule has 1 heterocycles. The number of carbonyl (C=O) groups is 5. The van der Waals surface area contributed by atoms with E-state index in [9.17, 15) is 32.4 Å². The molecule has 10 heteroatoms. The minimum absolute atomic E-state index is 0.0459. The lowest BCUT2D eigenvalue weighted by atomic mass is 9.75. The topological polar surface area (TPSA) is 149 Å². The van der Waals surface area contributed by atoms with Gasteiger partial charge in [0.1, 0.15) is 5.78 Å². The summed E-state index contributed by atoms with van der Waals surface area (Å²) in [5.41, 5.74) is 5.30. The molecule has 2 N–H and O–H groups in total. The Morgan fingerprint density at radius 3 is 2.13 bits per heavy atom. The van der Waals surface area contributed by atoms with Gasteiger partial charge >= 0.3 is 0 Å². The molecular weight excluding hydrogens is 616 g/mol. The Bertz CT molecular complexity index is 1470. The van der Waals surface area contributed by atoms with Crippen molar-refractivity contribution in [2.45, 2.75) is 98.8 Å². The molecule has 47 heavy (non-hydrogen) atoms. The number of hydrogen-bond donors (Lipinski definition) is 1. The van der Waals surface area contributed by atoms with Gasteiger partial charge in [0.2, 0.25) is 11.7 Å². The van der Waals surface area contributed by atoms with Gasteiger partial charge in [0.05, 0.1) is 17.5 Å². The third-order valence-electron chi connectivity index (χ3n) is 11.1. The first-order valence-corrected chi connectivity index (χ1v) is 19.0. The molecule has 0 radical (unpaired) electrons. The zero-order valence-electron chi connectivity index (χ0n) is 29.2. The van der Waals surface area contributed by atoms with Gasteiger partial charge in [-0.2, -0.15) is 0 Å². The molecule has 3 aliphatic rings. The number of fused-ring (bicyclic) bond motifs is 1. The molecule has 2 aliphatic carbocycles. The first-order chi connectivity index (χ1) is 21.7. The number of carbonyl (C=O) groups excluding carboxylic acids is 5. The van der Waals surface area contributed by atoms with Crippen molar-refractivity contribution < 1.29 is 32.4 Å². The number of likely N-dealkylation sites (tertiary alicyclic amines) is 1. The maximum absolute atomic E-state index is 14.4. The van der Waals surface area contributed by atoms with E-state index < -0.39 is 50.7 Å². The van der Waals surface area contributed by atoms with Crippen LogP contribution in [0.15, 0.2) is 30.3 Å². The molecule has 0 aromatic heterocycles. The van der Waals surface area contributed by atoms with Crippen LogP contribution in [0.1, 0.15) is 92.6 Å². The Morgan fingerprint density at radius 2 is 1.60 bits per heavy atom. The first-order valence-electron chi connectivity index (χ1n) is 17.2. The number of Topliss-reactive ketones (excluding diaryl/α,β-unsaturated/α-hetero) is 3. The van der Waals surface area contributed by atoms with Gasteiger partial charge in [-0.15, -0.1) is 0 Å². The fraction of sp³-hybridized carbons (Fsp3) is 0.703. The molecule has 6 atom stereocenters. The standard InChI is InChI=1S/C37H54N2O7S/c1-22(2)26(21-47(45,46)20-24-11-9-8-10-12-24)16-27(40)18-28(36(3,4)5)35(44)39-19-29-31(37(29,6)7)32(39)30(41)17-25(15-23-13-14-23)33(42)34(38)43/h8-12,22-23,25-26,28-29,31-32H,13-21H2,1-7H3,(H2,38,43)/t25?,26-,28-,29?,31+,32-/m1/s1. The predicted molar refractivity (Wildman–Crippen MR) is 180 cm³/mol. The molecule has 4 rings (SSSR count). The number of sulfone groups is 1. The zero-order chi connectivity index (χ0) is 35.1. The SMILES string of the molecule is CC(C)[C@H](CC(=O)C[C@H](C(=O)N1CC2[C@@H]([C@H]1C(=O)CC(CC1CC1)C(=O)C(N)=O)C2(C)C)C(C)(C)C)CS(=O)(=O)Cc1ccccc1. The maximum Gasteiger partial charge on any atom is 0.285 e. The molecule has 2 saturated carbocycles. The molecule has 1 aliphatic heterocycles. The largest absolute Gasteiger partial charge is 0.363 e. The van der Waals surface area contributed by atoms with Crippen LogP contribution in [0, 0.1) is 52.3 Å². The van der Waals surface area contributed by atoms with Gasteiger partial charge in [0.15, 0.2) is 15.6 Å². The summed E-state index contributed by atoms with van der Waals surface area (Å²) in [7, 11) is -3.48. The summed E-state index contributed by atoms with van der Waals surface area (Å²) >= 11 is 0. The molecule has 0 bridgehead atoms. The van der Waals surface area contributed by atoms with Crippen molar-refractivity contribution in [3.8, 4) is 0 Å². The lowest BCUT2D eigenvalue weighted by Crippen LogP contribution is -2.51. The van der Waals surface area contributed by atoms with Crippen LogP contribution in [-0.4, -0.2) is 60.8 Å². The predicted octanol–water partition coefficient (Wildman–Crippen LogP) is 4.80. The van der Waals surface area contributed by atoms with E-state index in [0.29, 0.717) is 24.4 Å². The second-order valence-corrected chi connectivity index (χ2v) is 18.7. The number of ketones is 3. The van der Waals surface area contributed by atoms with E-state index in [1.165, 1.54) is 0 Å². The van der Waals surface area contributed by atoms with Gasteiger partial charge < -0.3 is 10.6 Å². The molecule has 2 amide bonds. The van der Waals surface area contributed by atoms with E-state index in [-0.39, 0.29) is 71.4 Å². The van der Waals surface area contributed by atoms with Crippen LogP contribution in [-0.2, 0) is 39.6 Å². The summed E-state index contributed by atoms with van der Waals surface area (Å²) in [6, 6.07) is 8.26. The Hall–Kier alpha value is -2.88. The highest BCUT2D eigenvalue weighted by Crippen LogP contribution is 2.65. The maximum atomic E-state index is 14.4. The Labute approximate surface area is 280 Å². The Balaban J connectivity index is 1.49. The minimum Gasteiger partial charge on any atom is -0.363 e. The third-order valence-corrected chi connectivity index (χ3v) is 12.8. The van der Waals surface area contributed by atoms with Crippen LogP contribution in [0.3, 0.4) is 0 Å². The minimum atomic E-state index is -3.48. The van der Waals surface area contributed by atoms with Crippen molar-refractivity contribution in [2.24, 2.45) is 58.0 Å². The number of benzene rings is 1. The van der Waals surface area contributed by atoms with Crippen molar-refractivity contribution in [3.63, 3.8) is 0 Å². The second kappa shape index (κ2) is 13.9. The molecule has 1 aromatic rings. The smallest absolute Gasteiger partial charge is 0.285 e. The number of piperidine rings is 1. The number of nitrogens with zero attached hydrogens (tertiary/aromatic N) is 1. The molecule has 2 unspecified atom stereocenters. The number of primary amides is 1. The number of hydrogen-bond acceptors (Lipinski definition) is 7. The fourth-order valence-electron chi connectivity index (χ4n) is 7.75. The van der Waals surface area contributed by atoms with Crippen molar-refractivity contribution >= 4 is 39.0 Å². The average Bonchev–Trinajstić information content (AvgIpc) is 3.81. The summed E-state index contributed by atoms with van der Waals surface area (Å²) in [5, 5.41) is 0. The van der Waals surface area contributed by atoms with E-state index in [1.54, 1.807) is 29.2 Å². The average molecular weight is 671 g/mol. The van der Waals surface area contributed by atoms with E-state index in [1.807, 2.05) is 40.7 Å². The summed E-state index contributed by atoms with van der Waals surface area (Å²) in [6.07, 6.45) is 2.23. The van der Waals surface area contributed by atoms with Crippen LogP contribution < -0.4 is 5.73 Å². The lowest BCUT2D eigenvalue weighted by molar-refractivity contribution is -0.148. The summed E-state index contributed by atoms with van der Waals surface area (Å²) in [5.74, 6) is -4.19. The van der Waals surface area contributed by atoms with Gasteiger partial charge in [0, 0.05) is 37.6 Å². The normalized spacial score (nSPS) is 23.9. The van der Waals surface area contributed by atoms with Crippen LogP contribution in [0.2, 0.25) is 0 Å². The van der Waals surface area contributed by atoms with E-state index in [0.717, 1.165) is 12.8 Å². The van der Waals surface area contributed by atoms with Gasteiger partial charge in [-0.05, 0) is 52.4 Å². The van der Waals surface area contributed by atoms with Crippen LogP contribution in [0.5, 0.6) is 0 Å². The quantitative estimate of drug-likeness (QED) is 0.234. The van der Waals surface area contributed by atoms with Crippen molar-refractivity contribution in [1.29, 1.82) is 0 Å². The van der Waals surface area contributed by atoms with Gasteiger partial charge in [-0.1, -0.05) is 91.6 Å². The van der Waals surface area contributed by atoms with Crippen LogP contribution in [0.4, 0.5) is 0 Å². The Kier molecular flexibility index (Phi) is 10.9. The molecule has 260 valence electrons. The number of nitrogens with two attached hydrogens (primary N) is 1. The number of rotatable bonds is 17. The second-order valence-electron chi connectivity index (χ2n) is 16.6. The van der Waals surface area contributed by atoms with Crippen LogP contribution >= 0.6 is 0 Å². The summed E-state index contributed by atoms with van der Waals surface area (Å²) in [6.45, 7) is 14.1. The number of amides is 2. The van der Waals surface area contributed by atoms with Crippen molar-refractivity contribution in [2.75, 3.05) is 12.3 Å². The molecule has 3 fully saturated rings. The first kappa shape index (κ1) is 36.9. The molecule has 9 nitrogen and oxygen atoms in total. The van der Waals surface area contributed by atoms with E-state index in [2.05, 4.69) is 13.8 Å². The summed E-state index contributed by atoms with van der Waals surface area (Å²) < 4.78 is 26.2. The zero-order valence-corrected chi connectivity index (χ0v) is 30.0. The molecule has 0 spiro atoms. The fourth-order valence-corrected chi connectivity index (χ4v) is 9.73. The molecule has 1 aromatic carbocycles. The van der Waals surface area contributed by atoms with Crippen molar-refractivity contribution in [3.05, 3.63) is 35.9 Å². The van der Waals surface area contributed by atoms with Crippen molar-refractivity contribution in [1.82, 2.24) is 4.90 Å². The third kappa shape index (κ3) is 8.98. The highest BCUT2D eigenvalue weighted by Gasteiger charge is 2.69. The highest BCUT2D eigenvalue weighted by molar-refractivity contribution is 7.90. The summed E-state index contributed by atoms with van der Waals surface area (Å²) in [4.78, 5) is 68.1. The Morgan fingerprint density at radius 1 is 0.979 bits per heavy atom. The van der Waals surface area contributed by atoms with E-state index >= 15 is 0 Å². The lowest BCUT2D eigenvalue weighted by Gasteiger charge is -2.37. The van der Waals surface area contributed by atoms with E-state index in [4.69, 9.17) is 5.73 Å². The van der Waals surface area contributed by atoms with Crippen LogP contribution in [0.25, 0.3) is 0 Å². The molecule has 1 saturated heterocycles. The highest BCUT2D eigenvalue weighted by atomic mass is 32.2. The monoisotopic (exact) mass is 670 g/mol. The van der Waals surface area contributed by atoms with Gasteiger partial charge in [-0.25, -0.2) is 8.42 Å².